The normalized spacial score (nSPS) is 11.3. The molecule has 4 rings (SSSR count). The van der Waals surface area contributed by atoms with Crippen LogP contribution in [0.15, 0.2) is 77.7 Å². The zero-order chi connectivity index (χ0) is 21.8. The molecule has 0 unspecified atom stereocenters. The molecule has 0 aliphatic carbocycles. The van der Waals surface area contributed by atoms with Gasteiger partial charge >= 0.3 is 0 Å². The Morgan fingerprint density at radius 1 is 0.871 bits per heavy atom. The van der Waals surface area contributed by atoms with Gasteiger partial charge in [-0.2, -0.15) is 0 Å². The average Bonchev–Trinajstić information content (AvgIpc) is 2.76. The van der Waals surface area contributed by atoms with Gasteiger partial charge in [0.25, 0.3) is 10.0 Å². The van der Waals surface area contributed by atoms with E-state index in [1.807, 2.05) is 0 Å². The smallest absolute Gasteiger partial charge is 0.263 e. The van der Waals surface area contributed by atoms with Crippen LogP contribution in [0.3, 0.4) is 0 Å². The van der Waals surface area contributed by atoms with Crippen molar-refractivity contribution in [1.29, 1.82) is 0 Å². The van der Waals surface area contributed by atoms with E-state index < -0.39 is 15.8 Å². The summed E-state index contributed by atoms with van der Waals surface area (Å²) < 4.78 is 42.7. The molecule has 0 saturated carbocycles. The third-order valence-electron chi connectivity index (χ3n) is 4.29. The summed E-state index contributed by atoms with van der Waals surface area (Å²) in [7, 11) is -2.61. The van der Waals surface area contributed by atoms with E-state index in [2.05, 4.69) is 25.5 Å². The van der Waals surface area contributed by atoms with Crippen molar-refractivity contribution in [3.63, 3.8) is 0 Å². The van der Waals surface area contributed by atoms with Crippen LogP contribution in [0.25, 0.3) is 11.0 Å². The largest absolute Gasteiger partial charge is 0.335 e. The Labute approximate surface area is 178 Å². The first-order valence-electron chi connectivity index (χ1n) is 9.16. The maximum atomic E-state index is 14.2. The van der Waals surface area contributed by atoms with Crippen molar-refractivity contribution in [2.24, 2.45) is 0 Å². The molecular formula is C21H18FN5O3S. The number of sulfonamides is 1. The number of hydrogen-bond donors (Lipinski definition) is 3. The van der Waals surface area contributed by atoms with Crippen LogP contribution < -0.4 is 15.5 Å². The molecule has 0 amide bonds. The number of hydrogen-bond acceptors (Lipinski definition) is 7. The molecule has 0 radical (unpaired) electrons. The average molecular weight is 439 g/mol. The second-order valence-corrected chi connectivity index (χ2v) is 8.14. The summed E-state index contributed by atoms with van der Waals surface area (Å²) in [6, 6.07) is 19.1. The van der Waals surface area contributed by atoms with Crippen LogP contribution >= 0.6 is 0 Å². The Hall–Kier alpha value is -3.76. The van der Waals surface area contributed by atoms with E-state index in [0.29, 0.717) is 16.7 Å². The summed E-state index contributed by atoms with van der Waals surface area (Å²) in [5.41, 5.74) is 4.18. The molecule has 158 valence electrons. The maximum Gasteiger partial charge on any atom is 0.263 e. The molecule has 3 N–H and O–H groups in total. The van der Waals surface area contributed by atoms with Gasteiger partial charge in [0.15, 0.2) is 11.6 Å². The second-order valence-electron chi connectivity index (χ2n) is 6.45. The molecule has 31 heavy (non-hydrogen) atoms. The van der Waals surface area contributed by atoms with Crippen molar-refractivity contribution in [2.45, 2.75) is 4.90 Å². The van der Waals surface area contributed by atoms with E-state index in [4.69, 9.17) is 4.84 Å². The van der Waals surface area contributed by atoms with Gasteiger partial charge in [0.2, 0.25) is 0 Å². The van der Waals surface area contributed by atoms with E-state index in [0.717, 1.165) is 0 Å². The monoisotopic (exact) mass is 439 g/mol. The lowest BCUT2D eigenvalue weighted by Gasteiger charge is -2.14. The van der Waals surface area contributed by atoms with Crippen molar-refractivity contribution < 1.29 is 17.6 Å². The number of para-hydroxylation sites is 3. The third-order valence-corrected chi connectivity index (χ3v) is 5.63. The molecule has 0 fully saturated rings. The zero-order valence-corrected chi connectivity index (χ0v) is 17.2. The number of aromatic nitrogens is 2. The molecule has 3 aromatic carbocycles. The Balaban J connectivity index is 1.76. The van der Waals surface area contributed by atoms with Crippen LogP contribution in [0.4, 0.5) is 27.4 Å². The summed E-state index contributed by atoms with van der Waals surface area (Å²) in [5.74, 6) is -0.504. The molecule has 0 aliphatic rings. The summed E-state index contributed by atoms with van der Waals surface area (Å²) in [6.45, 7) is 0. The lowest BCUT2D eigenvalue weighted by molar-refractivity contribution is 0.271. The number of rotatable bonds is 7. The Morgan fingerprint density at radius 3 is 2.26 bits per heavy atom. The van der Waals surface area contributed by atoms with Gasteiger partial charge in [-0.1, -0.05) is 30.3 Å². The highest BCUT2D eigenvalue weighted by Crippen LogP contribution is 2.28. The molecule has 8 nitrogen and oxygen atoms in total. The van der Waals surface area contributed by atoms with Crippen LogP contribution in [0.1, 0.15) is 0 Å². The lowest BCUT2D eigenvalue weighted by atomic mass is 10.3. The van der Waals surface area contributed by atoms with Crippen molar-refractivity contribution in [2.75, 3.05) is 22.6 Å². The standard InChI is InChI=1S/C21H18FN5O3S/c1-30-26-14-7-6-8-15(13-14)31(28,29)27-21-20(23-17-10-3-2-9-16(17)22)24-18-11-4-5-12-19(18)25-21/h2-13,26H,1H3,(H,23,24)(H,25,27). The van der Waals surface area contributed by atoms with E-state index in [1.165, 1.54) is 31.4 Å². The number of benzene rings is 3. The number of fused-ring (bicyclic) bond motifs is 1. The number of anilines is 4. The second kappa shape index (κ2) is 8.54. The van der Waals surface area contributed by atoms with E-state index in [1.54, 1.807) is 48.5 Å². The fourth-order valence-electron chi connectivity index (χ4n) is 2.88. The first kappa shape index (κ1) is 20.5. The lowest BCUT2D eigenvalue weighted by Crippen LogP contribution is -2.16. The van der Waals surface area contributed by atoms with Crippen LogP contribution in [0.2, 0.25) is 0 Å². The molecule has 4 aromatic rings. The third kappa shape index (κ3) is 4.55. The van der Waals surface area contributed by atoms with Crippen molar-refractivity contribution in [3.05, 3.63) is 78.6 Å². The number of nitrogens with one attached hydrogen (secondary N) is 3. The topological polar surface area (TPSA) is 105 Å². The zero-order valence-electron chi connectivity index (χ0n) is 16.3. The fraction of sp³-hybridized carbons (Fsp3) is 0.0476. The SMILES string of the molecule is CONc1cccc(S(=O)(=O)Nc2nc3ccccc3nc2Nc2ccccc2F)c1. The molecule has 0 aliphatic heterocycles. The first-order valence-corrected chi connectivity index (χ1v) is 10.6. The summed E-state index contributed by atoms with van der Waals surface area (Å²) >= 11 is 0. The first-order chi connectivity index (χ1) is 15.0. The predicted molar refractivity (Wildman–Crippen MR) is 117 cm³/mol. The van der Waals surface area contributed by atoms with Crippen LogP contribution in [-0.2, 0) is 14.9 Å². The molecule has 0 atom stereocenters. The summed E-state index contributed by atoms with van der Waals surface area (Å²) in [6.07, 6.45) is 0. The minimum absolute atomic E-state index is 0.0126. The van der Waals surface area contributed by atoms with Gasteiger partial charge in [-0.15, -0.1) is 0 Å². The van der Waals surface area contributed by atoms with Gasteiger partial charge in [0, 0.05) is 0 Å². The van der Waals surface area contributed by atoms with E-state index in [9.17, 15) is 12.8 Å². The minimum atomic E-state index is -4.03. The van der Waals surface area contributed by atoms with Crippen LogP contribution in [-0.4, -0.2) is 25.5 Å². The van der Waals surface area contributed by atoms with Crippen molar-refractivity contribution >= 4 is 44.1 Å². The summed E-state index contributed by atoms with van der Waals surface area (Å²) in [4.78, 5) is 13.6. The number of nitrogens with zero attached hydrogens (tertiary/aromatic N) is 2. The van der Waals surface area contributed by atoms with Crippen LogP contribution in [0, 0.1) is 5.82 Å². The van der Waals surface area contributed by atoms with E-state index in [-0.39, 0.29) is 22.2 Å². The van der Waals surface area contributed by atoms with Gasteiger partial charge in [-0.25, -0.2) is 22.8 Å². The Kier molecular flexibility index (Phi) is 5.65. The van der Waals surface area contributed by atoms with Crippen LogP contribution in [0.5, 0.6) is 0 Å². The Morgan fingerprint density at radius 2 is 1.55 bits per heavy atom. The number of halogens is 1. The molecule has 1 heterocycles. The minimum Gasteiger partial charge on any atom is -0.335 e. The quantitative estimate of drug-likeness (QED) is 0.369. The van der Waals surface area contributed by atoms with Gasteiger partial charge in [0.1, 0.15) is 5.82 Å². The van der Waals surface area contributed by atoms with Gasteiger partial charge in [-0.3, -0.25) is 15.0 Å². The molecule has 0 spiro atoms. The summed E-state index contributed by atoms with van der Waals surface area (Å²) in [5, 5.41) is 2.83. The highest BCUT2D eigenvalue weighted by atomic mass is 32.2. The molecular weight excluding hydrogens is 421 g/mol. The molecule has 0 saturated heterocycles. The predicted octanol–water partition coefficient (Wildman–Crippen LogP) is 4.29. The van der Waals surface area contributed by atoms with Gasteiger partial charge in [-0.05, 0) is 42.5 Å². The van der Waals surface area contributed by atoms with E-state index >= 15 is 0 Å². The van der Waals surface area contributed by atoms with Crippen molar-refractivity contribution in [3.8, 4) is 0 Å². The van der Waals surface area contributed by atoms with Crippen molar-refractivity contribution in [1.82, 2.24) is 9.97 Å². The maximum absolute atomic E-state index is 14.2. The van der Waals surface area contributed by atoms with Gasteiger partial charge in [0.05, 0.1) is 34.4 Å². The van der Waals surface area contributed by atoms with Gasteiger partial charge < -0.3 is 5.32 Å². The molecule has 10 heteroatoms. The highest BCUT2D eigenvalue weighted by molar-refractivity contribution is 7.92. The highest BCUT2D eigenvalue weighted by Gasteiger charge is 2.20. The molecule has 1 aromatic heterocycles. The Bertz CT molecular complexity index is 1350. The molecule has 0 bridgehead atoms. The fourth-order valence-corrected chi connectivity index (χ4v) is 3.93.